The van der Waals surface area contributed by atoms with Crippen molar-refractivity contribution in [1.82, 2.24) is 9.78 Å². The number of carbonyl (C=O) groups excluding carboxylic acids is 2. The first-order valence-corrected chi connectivity index (χ1v) is 9.58. The predicted molar refractivity (Wildman–Crippen MR) is 111 cm³/mol. The minimum absolute atomic E-state index is 0.000871. The number of hydrogen-bond donors (Lipinski definition) is 0. The van der Waals surface area contributed by atoms with E-state index >= 15 is 0 Å². The van der Waals surface area contributed by atoms with Gasteiger partial charge in [0.05, 0.1) is 5.69 Å². The third-order valence-corrected chi connectivity index (χ3v) is 4.51. The van der Waals surface area contributed by atoms with Crippen molar-refractivity contribution in [2.24, 2.45) is 0 Å². The van der Waals surface area contributed by atoms with Crippen LogP contribution in [0.25, 0.3) is 10.8 Å². The number of rotatable bonds is 7. The van der Waals surface area contributed by atoms with Crippen molar-refractivity contribution in [3.63, 3.8) is 0 Å². The van der Waals surface area contributed by atoms with Crippen molar-refractivity contribution in [3.05, 3.63) is 70.6 Å². The average molecular weight is 393 g/mol. The van der Waals surface area contributed by atoms with Gasteiger partial charge in [-0.1, -0.05) is 43.3 Å². The van der Waals surface area contributed by atoms with Gasteiger partial charge in [-0.15, -0.1) is 0 Å². The van der Waals surface area contributed by atoms with Gasteiger partial charge in [0, 0.05) is 24.5 Å². The Bertz CT molecular complexity index is 1090. The second-order valence-electron chi connectivity index (χ2n) is 6.49. The fourth-order valence-electron chi connectivity index (χ4n) is 3.13. The smallest absolute Gasteiger partial charge is 0.359 e. The Balaban J connectivity index is 1.74. The van der Waals surface area contributed by atoms with Crippen LogP contribution in [0.5, 0.6) is 0 Å². The third kappa shape index (κ3) is 4.51. The first kappa shape index (κ1) is 20.3. The van der Waals surface area contributed by atoms with Crippen LogP contribution in [0.1, 0.15) is 30.8 Å². The van der Waals surface area contributed by atoms with Gasteiger partial charge in [-0.05, 0) is 30.9 Å². The number of anilines is 1. The van der Waals surface area contributed by atoms with Crippen molar-refractivity contribution in [1.29, 1.82) is 0 Å². The Hall–Kier alpha value is -3.48. The van der Waals surface area contributed by atoms with E-state index in [2.05, 4.69) is 5.10 Å². The molecule has 0 atom stereocenters. The normalized spacial score (nSPS) is 10.7. The van der Waals surface area contributed by atoms with Crippen LogP contribution in [0.3, 0.4) is 0 Å². The molecule has 1 amide bonds. The molecule has 0 aliphatic heterocycles. The SMILES string of the molecule is CCCn1nc(C(=O)OCC(=O)N(CC)c2cccc3ccccc23)ccc1=O. The molecule has 1 aromatic heterocycles. The Labute approximate surface area is 168 Å². The van der Waals surface area contributed by atoms with Crippen molar-refractivity contribution >= 4 is 28.3 Å². The summed E-state index contributed by atoms with van der Waals surface area (Å²) in [5, 5.41) is 5.98. The number of aromatic nitrogens is 2. The summed E-state index contributed by atoms with van der Waals surface area (Å²) in [5.74, 6) is -1.07. The minimum atomic E-state index is -0.739. The summed E-state index contributed by atoms with van der Waals surface area (Å²) in [6.07, 6.45) is 0.709. The fraction of sp³-hybridized carbons (Fsp3) is 0.273. The van der Waals surface area contributed by atoms with Crippen molar-refractivity contribution in [3.8, 4) is 0 Å². The molecule has 29 heavy (non-hydrogen) atoms. The quantitative estimate of drug-likeness (QED) is 0.577. The summed E-state index contributed by atoms with van der Waals surface area (Å²) < 4.78 is 6.39. The van der Waals surface area contributed by atoms with Gasteiger partial charge in [-0.3, -0.25) is 9.59 Å². The van der Waals surface area contributed by atoms with Gasteiger partial charge in [-0.25, -0.2) is 9.48 Å². The van der Waals surface area contributed by atoms with Gasteiger partial charge < -0.3 is 9.64 Å². The highest BCUT2D eigenvalue weighted by molar-refractivity contribution is 6.04. The van der Waals surface area contributed by atoms with E-state index in [4.69, 9.17) is 4.74 Å². The summed E-state index contributed by atoms with van der Waals surface area (Å²) in [6.45, 7) is 4.20. The summed E-state index contributed by atoms with van der Waals surface area (Å²) >= 11 is 0. The molecule has 7 heteroatoms. The molecule has 0 spiro atoms. The van der Waals surface area contributed by atoms with Gasteiger partial charge in [0.15, 0.2) is 12.3 Å². The largest absolute Gasteiger partial charge is 0.451 e. The molecule has 150 valence electrons. The number of hydrogen-bond acceptors (Lipinski definition) is 5. The maximum Gasteiger partial charge on any atom is 0.359 e. The van der Waals surface area contributed by atoms with Gasteiger partial charge >= 0.3 is 5.97 Å². The molecule has 0 saturated heterocycles. The highest BCUT2D eigenvalue weighted by atomic mass is 16.5. The zero-order chi connectivity index (χ0) is 20.8. The second kappa shape index (κ2) is 9.14. The minimum Gasteiger partial charge on any atom is -0.451 e. The highest BCUT2D eigenvalue weighted by Gasteiger charge is 2.19. The van der Waals surface area contributed by atoms with Crippen LogP contribution in [-0.2, 0) is 16.1 Å². The Morgan fingerprint density at radius 2 is 1.79 bits per heavy atom. The highest BCUT2D eigenvalue weighted by Crippen LogP contribution is 2.26. The lowest BCUT2D eigenvalue weighted by molar-refractivity contribution is -0.121. The van der Waals surface area contributed by atoms with E-state index in [0.29, 0.717) is 19.5 Å². The van der Waals surface area contributed by atoms with Crippen molar-refractivity contribution in [2.75, 3.05) is 18.1 Å². The number of benzene rings is 2. The first-order chi connectivity index (χ1) is 14.0. The van der Waals surface area contributed by atoms with Crippen LogP contribution in [0.2, 0.25) is 0 Å². The zero-order valence-electron chi connectivity index (χ0n) is 16.5. The molecule has 0 radical (unpaired) electrons. The molecule has 0 aliphatic carbocycles. The summed E-state index contributed by atoms with van der Waals surface area (Å²) in [6, 6.07) is 16.1. The zero-order valence-corrected chi connectivity index (χ0v) is 16.5. The maximum atomic E-state index is 12.8. The molecule has 0 saturated carbocycles. The lowest BCUT2D eigenvalue weighted by Crippen LogP contribution is -2.35. The molecule has 0 bridgehead atoms. The van der Waals surface area contributed by atoms with Crippen LogP contribution in [0, 0.1) is 0 Å². The second-order valence-corrected chi connectivity index (χ2v) is 6.49. The van der Waals surface area contributed by atoms with Crippen LogP contribution in [0.4, 0.5) is 5.69 Å². The standard InChI is InChI=1S/C22H23N3O4/c1-3-14-25-20(26)13-12-18(23-25)22(28)29-15-21(27)24(4-2)19-11-7-9-16-8-5-6-10-17(16)19/h5-13H,3-4,14-15H2,1-2H3. The summed E-state index contributed by atoms with van der Waals surface area (Å²) in [7, 11) is 0. The fourth-order valence-corrected chi connectivity index (χ4v) is 3.13. The van der Waals surface area contributed by atoms with E-state index in [1.165, 1.54) is 16.8 Å². The Morgan fingerprint density at radius 1 is 1.03 bits per heavy atom. The van der Waals surface area contributed by atoms with Crippen molar-refractivity contribution < 1.29 is 14.3 Å². The van der Waals surface area contributed by atoms with Gasteiger partial charge in [0.2, 0.25) is 0 Å². The molecule has 0 unspecified atom stereocenters. The monoisotopic (exact) mass is 393 g/mol. The molecule has 7 nitrogen and oxygen atoms in total. The number of fused-ring (bicyclic) bond motifs is 1. The van der Waals surface area contributed by atoms with Gasteiger partial charge in [-0.2, -0.15) is 5.10 Å². The lowest BCUT2D eigenvalue weighted by atomic mass is 10.1. The number of carbonyl (C=O) groups is 2. The number of aryl methyl sites for hydroxylation is 1. The molecule has 2 aromatic carbocycles. The van der Waals surface area contributed by atoms with E-state index < -0.39 is 12.6 Å². The first-order valence-electron chi connectivity index (χ1n) is 9.58. The number of amides is 1. The van der Waals surface area contributed by atoms with Crippen molar-refractivity contribution in [2.45, 2.75) is 26.8 Å². The van der Waals surface area contributed by atoms with Crippen LogP contribution >= 0.6 is 0 Å². The van der Waals surface area contributed by atoms with E-state index in [1.54, 1.807) is 4.90 Å². The summed E-state index contributed by atoms with van der Waals surface area (Å²) in [5.41, 5.74) is 0.480. The molecule has 3 rings (SSSR count). The van der Waals surface area contributed by atoms with E-state index in [1.807, 2.05) is 56.3 Å². The van der Waals surface area contributed by atoms with E-state index in [0.717, 1.165) is 16.5 Å². The average Bonchev–Trinajstić information content (AvgIpc) is 2.74. The van der Waals surface area contributed by atoms with Crippen LogP contribution in [0.15, 0.2) is 59.4 Å². The Kier molecular flexibility index (Phi) is 6.39. The maximum absolute atomic E-state index is 12.8. The van der Waals surface area contributed by atoms with Crippen LogP contribution in [-0.4, -0.2) is 34.8 Å². The predicted octanol–water partition coefficient (Wildman–Crippen LogP) is 3.02. The number of esters is 1. The molecule has 0 N–H and O–H groups in total. The molecule has 3 aromatic rings. The topological polar surface area (TPSA) is 81.5 Å². The summed E-state index contributed by atoms with van der Waals surface area (Å²) in [4.78, 5) is 38.4. The lowest BCUT2D eigenvalue weighted by Gasteiger charge is -2.22. The van der Waals surface area contributed by atoms with E-state index in [-0.39, 0.29) is 17.2 Å². The third-order valence-electron chi connectivity index (χ3n) is 4.51. The molecular formula is C22H23N3O4. The number of likely N-dealkylation sites (N-methyl/N-ethyl adjacent to an activating group) is 1. The molecule has 1 heterocycles. The molecule has 0 aliphatic rings. The van der Waals surface area contributed by atoms with Gasteiger partial charge in [0.1, 0.15) is 0 Å². The number of ether oxygens (including phenoxy) is 1. The molecule has 0 fully saturated rings. The van der Waals surface area contributed by atoms with Crippen LogP contribution < -0.4 is 10.5 Å². The van der Waals surface area contributed by atoms with Gasteiger partial charge in [0.25, 0.3) is 11.5 Å². The molecular weight excluding hydrogens is 370 g/mol. The Morgan fingerprint density at radius 3 is 2.55 bits per heavy atom. The van der Waals surface area contributed by atoms with E-state index in [9.17, 15) is 14.4 Å². The number of nitrogens with zero attached hydrogens (tertiary/aromatic N) is 3.